The smallest absolute Gasteiger partial charge is 0.331 e. The van der Waals surface area contributed by atoms with Crippen molar-refractivity contribution in [2.45, 2.75) is 92.4 Å². The van der Waals surface area contributed by atoms with Gasteiger partial charge in [0.25, 0.3) is 0 Å². The molecule has 4 aliphatic heterocycles. The van der Waals surface area contributed by atoms with Gasteiger partial charge in [-0.2, -0.15) is 0 Å². The highest BCUT2D eigenvalue weighted by molar-refractivity contribution is 5.87. The minimum absolute atomic E-state index is 0.0688. The lowest BCUT2D eigenvalue weighted by Crippen LogP contribution is -2.60. The van der Waals surface area contributed by atoms with Gasteiger partial charge in [-0.25, -0.2) is 4.79 Å². The van der Waals surface area contributed by atoms with Crippen LogP contribution in [0.5, 0.6) is 5.75 Å². The largest absolute Gasteiger partial charge is 0.508 e. The standard InChI is InChI=1S/C30H38O16/c1-12-24(43-17(34)7-4-13-2-5-14(33)6-3-13)21(37)23(39)28(41-12)44-25-15-8-9-40-27(18(15)30(11-32)26(25)46-30)45-29-22(38)20(36)19(35)16(10-31)42-29/h2-9,12,15-16,18-29,31-33,35-39H,10-11H2,1H3/t12-,15+,16+,18+,19+,20-,21-,22+,23+,24-,25-,26-,27-,28-,29-,30+/m0/s1. The van der Waals surface area contributed by atoms with E-state index in [1.807, 2.05) is 0 Å². The fourth-order valence-corrected chi connectivity index (χ4v) is 6.67. The van der Waals surface area contributed by atoms with Crippen LogP contribution in [0.3, 0.4) is 0 Å². The molecule has 4 fully saturated rings. The summed E-state index contributed by atoms with van der Waals surface area (Å²) < 4.78 is 40.3. The fourth-order valence-electron chi connectivity index (χ4n) is 6.67. The number of phenolic OH excluding ortho intramolecular Hbond substituents is 1. The van der Waals surface area contributed by atoms with E-state index in [4.69, 9.17) is 33.2 Å². The van der Waals surface area contributed by atoms with Crippen LogP contribution in [0.1, 0.15) is 12.5 Å². The molecule has 1 aromatic carbocycles. The van der Waals surface area contributed by atoms with Gasteiger partial charge < -0.3 is 74.0 Å². The molecule has 0 unspecified atom stereocenters. The lowest BCUT2D eigenvalue weighted by Gasteiger charge is -2.44. The number of phenols is 1. The Morgan fingerprint density at radius 3 is 2.28 bits per heavy atom. The molecule has 4 heterocycles. The van der Waals surface area contributed by atoms with E-state index >= 15 is 0 Å². The van der Waals surface area contributed by atoms with Crippen molar-refractivity contribution in [1.29, 1.82) is 0 Å². The molecule has 1 saturated carbocycles. The van der Waals surface area contributed by atoms with Crippen LogP contribution in [0, 0.1) is 11.8 Å². The van der Waals surface area contributed by atoms with Gasteiger partial charge in [0.2, 0.25) is 6.29 Å². The quantitative estimate of drug-likeness (QED) is 0.0763. The van der Waals surface area contributed by atoms with Gasteiger partial charge in [-0.05, 0) is 36.8 Å². The maximum Gasteiger partial charge on any atom is 0.331 e. The van der Waals surface area contributed by atoms with Crippen molar-refractivity contribution in [1.82, 2.24) is 0 Å². The molecule has 6 rings (SSSR count). The molecule has 1 aromatic rings. The van der Waals surface area contributed by atoms with Gasteiger partial charge in [-0.15, -0.1) is 0 Å². The topological polar surface area (TPSA) is 247 Å². The zero-order chi connectivity index (χ0) is 32.9. The van der Waals surface area contributed by atoms with Gasteiger partial charge in [0.05, 0.1) is 37.6 Å². The average molecular weight is 655 g/mol. The number of benzene rings is 1. The molecule has 16 atom stereocenters. The number of aliphatic hydroxyl groups excluding tert-OH is 7. The maximum atomic E-state index is 12.5. The highest BCUT2D eigenvalue weighted by Gasteiger charge is 2.77. The molecule has 0 bridgehead atoms. The molecule has 254 valence electrons. The van der Waals surface area contributed by atoms with E-state index in [0.29, 0.717) is 5.56 Å². The lowest BCUT2D eigenvalue weighted by atomic mass is 9.85. The zero-order valence-electron chi connectivity index (χ0n) is 24.5. The minimum Gasteiger partial charge on any atom is -0.508 e. The summed E-state index contributed by atoms with van der Waals surface area (Å²) in [4.78, 5) is 12.5. The summed E-state index contributed by atoms with van der Waals surface area (Å²) in [7, 11) is 0. The van der Waals surface area contributed by atoms with Crippen molar-refractivity contribution < 1.29 is 78.8 Å². The molecule has 3 saturated heterocycles. The van der Waals surface area contributed by atoms with Crippen LogP contribution >= 0.6 is 0 Å². The van der Waals surface area contributed by atoms with Crippen LogP contribution in [0.4, 0.5) is 0 Å². The zero-order valence-corrected chi connectivity index (χ0v) is 24.5. The number of hydrogen-bond acceptors (Lipinski definition) is 16. The number of fused-ring (bicyclic) bond motifs is 3. The third-order valence-corrected chi connectivity index (χ3v) is 9.22. The van der Waals surface area contributed by atoms with Crippen molar-refractivity contribution in [3.63, 3.8) is 0 Å². The second kappa shape index (κ2) is 13.1. The predicted molar refractivity (Wildman–Crippen MR) is 149 cm³/mol. The summed E-state index contributed by atoms with van der Waals surface area (Å²) in [5.41, 5.74) is -0.596. The molecule has 0 spiro atoms. The molecule has 16 nitrogen and oxygen atoms in total. The first-order valence-corrected chi connectivity index (χ1v) is 14.9. The molecule has 5 aliphatic rings. The van der Waals surface area contributed by atoms with E-state index in [1.165, 1.54) is 31.4 Å². The molecular formula is C30H38O16. The first-order valence-electron chi connectivity index (χ1n) is 14.9. The average Bonchev–Trinajstić information content (AvgIpc) is 3.72. The van der Waals surface area contributed by atoms with E-state index < -0.39 is 117 Å². The molecule has 16 heteroatoms. The third kappa shape index (κ3) is 5.93. The molecule has 8 N–H and O–H groups in total. The molecular weight excluding hydrogens is 616 g/mol. The number of ether oxygens (including phenoxy) is 7. The summed E-state index contributed by atoms with van der Waals surface area (Å²) in [6, 6.07) is 6.09. The number of rotatable bonds is 9. The number of carbonyl (C=O) groups is 1. The Bertz CT molecular complexity index is 1290. The lowest BCUT2D eigenvalue weighted by molar-refractivity contribution is -0.347. The van der Waals surface area contributed by atoms with Gasteiger partial charge in [-0.3, -0.25) is 0 Å². The fraction of sp³-hybridized carbons (Fsp3) is 0.633. The number of carbonyl (C=O) groups excluding carboxylic acids is 1. The van der Waals surface area contributed by atoms with E-state index in [-0.39, 0.29) is 5.75 Å². The SMILES string of the molecule is C[C@@H]1O[C@@H](O[C@H]2[C@@H]3C=CO[C@@H](O[C@@H]4O[C@H](CO)[C@@H](O)[C@H](O)[C@H]4O)[C@@H]3[C@@]3(CO)O[C@@H]23)[C@H](O)[C@H](O)[C@H]1OC(=O)C=Cc1ccc(O)cc1. The van der Waals surface area contributed by atoms with Gasteiger partial charge in [0.1, 0.15) is 54.1 Å². The Kier molecular flexibility index (Phi) is 9.43. The van der Waals surface area contributed by atoms with Crippen LogP contribution in [0.15, 0.2) is 42.7 Å². The summed E-state index contributed by atoms with van der Waals surface area (Å²) in [6.45, 7) is 0.399. The van der Waals surface area contributed by atoms with Gasteiger partial charge >= 0.3 is 5.97 Å². The third-order valence-electron chi connectivity index (χ3n) is 9.22. The highest BCUT2D eigenvalue weighted by atomic mass is 16.8. The van der Waals surface area contributed by atoms with Crippen molar-refractivity contribution in [2.24, 2.45) is 11.8 Å². The van der Waals surface area contributed by atoms with Crippen molar-refractivity contribution >= 4 is 12.0 Å². The molecule has 0 amide bonds. The molecule has 0 radical (unpaired) electrons. The van der Waals surface area contributed by atoms with E-state index in [0.717, 1.165) is 6.08 Å². The summed E-state index contributed by atoms with van der Waals surface area (Å²) >= 11 is 0. The summed E-state index contributed by atoms with van der Waals surface area (Å²) in [5.74, 6) is -2.03. The Labute approximate surface area is 262 Å². The van der Waals surface area contributed by atoms with Gasteiger partial charge in [-0.1, -0.05) is 12.1 Å². The van der Waals surface area contributed by atoms with Crippen molar-refractivity contribution in [3.05, 3.63) is 48.2 Å². The number of aliphatic hydroxyl groups is 7. The number of aromatic hydroxyl groups is 1. The number of epoxide rings is 1. The van der Waals surface area contributed by atoms with Gasteiger partial charge in [0.15, 0.2) is 18.7 Å². The highest BCUT2D eigenvalue weighted by Crippen LogP contribution is 2.61. The summed E-state index contributed by atoms with van der Waals surface area (Å²) in [5, 5.41) is 81.9. The Balaban J connectivity index is 1.11. The molecule has 0 aromatic heterocycles. The minimum atomic E-state index is -1.70. The Morgan fingerprint density at radius 1 is 0.891 bits per heavy atom. The second-order valence-electron chi connectivity index (χ2n) is 12.0. The first-order chi connectivity index (χ1) is 22.0. The van der Waals surface area contributed by atoms with Crippen LogP contribution in [-0.4, -0.2) is 146 Å². The van der Waals surface area contributed by atoms with Crippen LogP contribution in [0.25, 0.3) is 6.08 Å². The first kappa shape index (κ1) is 33.2. The molecule has 46 heavy (non-hydrogen) atoms. The van der Waals surface area contributed by atoms with Crippen LogP contribution in [-0.2, 0) is 38.0 Å². The van der Waals surface area contributed by atoms with Crippen LogP contribution < -0.4 is 0 Å². The van der Waals surface area contributed by atoms with Crippen molar-refractivity contribution in [2.75, 3.05) is 13.2 Å². The van der Waals surface area contributed by atoms with Gasteiger partial charge in [0, 0.05) is 12.0 Å². The number of esters is 1. The summed E-state index contributed by atoms with van der Waals surface area (Å²) in [6.07, 6.45) is -11.7. The van der Waals surface area contributed by atoms with Crippen LogP contribution in [0.2, 0.25) is 0 Å². The van der Waals surface area contributed by atoms with Crippen molar-refractivity contribution in [3.8, 4) is 5.75 Å². The second-order valence-corrected chi connectivity index (χ2v) is 12.0. The molecule has 1 aliphatic carbocycles. The monoisotopic (exact) mass is 654 g/mol. The van der Waals surface area contributed by atoms with E-state index in [1.54, 1.807) is 18.2 Å². The normalized spacial score (nSPS) is 46.4. The number of hydrogen-bond donors (Lipinski definition) is 8. The maximum absolute atomic E-state index is 12.5. The van der Waals surface area contributed by atoms with E-state index in [2.05, 4.69) is 0 Å². The van der Waals surface area contributed by atoms with E-state index in [9.17, 15) is 45.6 Å². The Hall–Kier alpha value is -2.71. The predicted octanol–water partition coefficient (Wildman–Crippen LogP) is -2.77. The Morgan fingerprint density at radius 2 is 1.59 bits per heavy atom.